The van der Waals surface area contributed by atoms with Gasteiger partial charge in [-0.15, -0.1) is 5.43 Å². The number of hydrogen-bond acceptors (Lipinski definition) is 10. The predicted octanol–water partition coefficient (Wildman–Crippen LogP) is 2.13. The first-order chi connectivity index (χ1) is 18.3. The standard InChI is InChI=1S/C25H24N4O10/c1-13(30)37-18-11-16(12-19(38-14(2)31)21(18)39-15(3)32)20-22(26-4)29(27-24(34)35,17-9-7-6-8-10-17)25(36)28(5)23(20)33/h6-12,27H,1-5H3,(H-,26,33,34,35)/p+1. The predicted molar refractivity (Wildman–Crippen MR) is 134 cm³/mol. The van der Waals surface area contributed by atoms with Gasteiger partial charge < -0.3 is 24.6 Å². The van der Waals surface area contributed by atoms with Crippen molar-refractivity contribution in [1.82, 2.24) is 20.2 Å². The Balaban J connectivity index is 2.49. The van der Waals surface area contributed by atoms with Crippen LogP contribution in [0.4, 0.5) is 15.3 Å². The number of amides is 4. The molecule has 0 radical (unpaired) electrons. The van der Waals surface area contributed by atoms with E-state index in [1.54, 1.807) is 18.2 Å². The summed E-state index contributed by atoms with van der Waals surface area (Å²) >= 11 is 0. The molecule has 2 aromatic carbocycles. The van der Waals surface area contributed by atoms with Crippen molar-refractivity contribution in [2.24, 2.45) is 0 Å². The van der Waals surface area contributed by atoms with Crippen molar-refractivity contribution in [2.45, 2.75) is 20.8 Å². The molecule has 1 aliphatic heterocycles. The number of likely N-dealkylation sites (N-methyl/N-ethyl adjacent to an activating group) is 1. The average Bonchev–Trinajstić information content (AvgIpc) is 2.85. The van der Waals surface area contributed by atoms with E-state index in [1.165, 1.54) is 19.2 Å². The quantitative estimate of drug-likeness (QED) is 0.266. The van der Waals surface area contributed by atoms with E-state index in [-0.39, 0.29) is 34.1 Å². The van der Waals surface area contributed by atoms with Crippen LogP contribution < -0.4 is 29.5 Å². The zero-order valence-electron chi connectivity index (χ0n) is 21.6. The molecule has 0 saturated heterocycles. The number of nitrogens with one attached hydrogen (secondary N) is 2. The van der Waals surface area contributed by atoms with E-state index in [2.05, 4.69) is 10.7 Å². The van der Waals surface area contributed by atoms with Gasteiger partial charge >= 0.3 is 30.0 Å². The van der Waals surface area contributed by atoms with Crippen LogP contribution in [0, 0.1) is 0 Å². The fourth-order valence-corrected chi connectivity index (χ4v) is 4.03. The number of imide groups is 1. The first-order valence-electron chi connectivity index (χ1n) is 11.3. The number of rotatable bonds is 7. The Kier molecular flexibility index (Phi) is 8.01. The molecule has 0 bridgehead atoms. The molecule has 0 spiro atoms. The molecule has 1 heterocycles. The second-order valence-corrected chi connectivity index (χ2v) is 8.13. The molecule has 1 atom stereocenters. The van der Waals surface area contributed by atoms with Gasteiger partial charge in [0.1, 0.15) is 5.57 Å². The summed E-state index contributed by atoms with van der Waals surface area (Å²) in [6.07, 6.45) is -1.59. The van der Waals surface area contributed by atoms with E-state index >= 15 is 0 Å². The van der Waals surface area contributed by atoms with Crippen LogP contribution in [0.25, 0.3) is 5.57 Å². The topological polar surface area (TPSA) is 178 Å². The Hall–Kier alpha value is -5.24. The molecule has 3 N–H and O–H groups in total. The molecular formula is C25H25N4O10+. The molecule has 39 heavy (non-hydrogen) atoms. The van der Waals surface area contributed by atoms with Crippen molar-refractivity contribution in [3.63, 3.8) is 0 Å². The summed E-state index contributed by atoms with van der Waals surface area (Å²) in [4.78, 5) is 75.4. The number of carbonyl (C=O) groups excluding carboxylic acids is 5. The highest BCUT2D eigenvalue weighted by Crippen LogP contribution is 2.44. The zero-order chi connectivity index (χ0) is 29.1. The van der Waals surface area contributed by atoms with Gasteiger partial charge in [-0.25, -0.2) is 14.5 Å². The number of ether oxygens (including phenoxy) is 3. The van der Waals surface area contributed by atoms with Gasteiger partial charge in [0.25, 0.3) is 11.7 Å². The van der Waals surface area contributed by atoms with Crippen molar-refractivity contribution in [2.75, 3.05) is 14.1 Å². The third kappa shape index (κ3) is 5.40. The second-order valence-electron chi connectivity index (χ2n) is 8.13. The molecule has 3 rings (SSSR count). The monoisotopic (exact) mass is 541 g/mol. The maximum absolute atomic E-state index is 13.6. The summed E-state index contributed by atoms with van der Waals surface area (Å²) in [5, 5.41) is 12.5. The Morgan fingerprint density at radius 2 is 1.38 bits per heavy atom. The van der Waals surface area contributed by atoms with Crippen LogP contribution in [0.15, 0.2) is 48.3 Å². The van der Waals surface area contributed by atoms with Crippen molar-refractivity contribution < 1.29 is 48.1 Å². The normalized spacial score (nSPS) is 16.9. The van der Waals surface area contributed by atoms with Crippen LogP contribution in [0.3, 0.4) is 0 Å². The molecule has 4 amide bonds. The van der Waals surface area contributed by atoms with Gasteiger partial charge in [0.05, 0.1) is 0 Å². The van der Waals surface area contributed by atoms with E-state index in [0.717, 1.165) is 40.0 Å². The lowest BCUT2D eigenvalue weighted by atomic mass is 10.00. The maximum Gasteiger partial charge on any atom is 0.462 e. The molecule has 1 unspecified atom stereocenters. The number of nitrogens with zero attached hydrogens (tertiary/aromatic N) is 2. The van der Waals surface area contributed by atoms with Crippen molar-refractivity contribution in [1.29, 1.82) is 0 Å². The Morgan fingerprint density at radius 3 is 1.82 bits per heavy atom. The van der Waals surface area contributed by atoms with Crippen molar-refractivity contribution >= 4 is 47.2 Å². The van der Waals surface area contributed by atoms with Crippen LogP contribution in [-0.2, 0) is 19.2 Å². The molecule has 0 aromatic heterocycles. The van der Waals surface area contributed by atoms with Gasteiger partial charge in [-0.3, -0.25) is 19.2 Å². The van der Waals surface area contributed by atoms with Crippen molar-refractivity contribution in [3.05, 3.63) is 53.8 Å². The first-order valence-corrected chi connectivity index (χ1v) is 11.3. The van der Waals surface area contributed by atoms with Gasteiger partial charge in [0.15, 0.2) is 17.2 Å². The highest BCUT2D eigenvalue weighted by molar-refractivity contribution is 6.28. The smallest absolute Gasteiger partial charge is 0.462 e. The summed E-state index contributed by atoms with van der Waals surface area (Å²) in [5.74, 6) is -4.77. The van der Waals surface area contributed by atoms with Gasteiger partial charge in [0, 0.05) is 52.6 Å². The third-order valence-electron chi connectivity index (χ3n) is 5.37. The lowest BCUT2D eigenvalue weighted by Crippen LogP contribution is -2.72. The molecule has 1 aliphatic rings. The summed E-state index contributed by atoms with van der Waals surface area (Å²) in [6.45, 7) is 3.21. The Bertz CT molecular complexity index is 1380. The van der Waals surface area contributed by atoms with E-state index in [9.17, 15) is 33.9 Å². The molecule has 0 saturated carbocycles. The number of quaternary nitrogens is 1. The zero-order valence-corrected chi connectivity index (χ0v) is 21.6. The number of benzene rings is 2. The number of carboxylic acid groups (broad SMARTS) is 1. The molecule has 2 aromatic rings. The summed E-state index contributed by atoms with van der Waals surface area (Å²) in [7, 11) is 2.53. The minimum absolute atomic E-state index is 0.0716. The fourth-order valence-electron chi connectivity index (χ4n) is 4.03. The van der Waals surface area contributed by atoms with Gasteiger partial charge in [0.2, 0.25) is 5.75 Å². The van der Waals surface area contributed by atoms with E-state index < -0.39 is 46.3 Å². The second kappa shape index (κ2) is 11.0. The average molecular weight is 541 g/mol. The number of hydrogen-bond donors (Lipinski definition) is 3. The first kappa shape index (κ1) is 28.3. The Labute approximate surface area is 221 Å². The molecule has 14 heteroatoms. The fraction of sp³-hybridized carbons (Fsp3) is 0.200. The minimum atomic E-state index is -1.59. The molecule has 204 valence electrons. The van der Waals surface area contributed by atoms with Gasteiger partial charge in [-0.2, -0.15) is 0 Å². The highest BCUT2D eigenvalue weighted by atomic mass is 16.6. The SMILES string of the molecule is CNC1=C(c2cc(OC(C)=O)c(OC(C)=O)c(OC(C)=O)c2)C(=O)N(C)C(=O)[N+]1(NC(=O)O)c1ccccc1. The van der Waals surface area contributed by atoms with E-state index in [1.807, 2.05) is 0 Å². The number of carbonyl (C=O) groups is 6. The highest BCUT2D eigenvalue weighted by Gasteiger charge is 2.56. The molecule has 0 fully saturated rings. The Morgan fingerprint density at radius 1 is 0.872 bits per heavy atom. The van der Waals surface area contributed by atoms with Gasteiger partial charge in [-0.05, 0) is 12.1 Å². The lowest BCUT2D eigenvalue weighted by Gasteiger charge is -2.40. The van der Waals surface area contributed by atoms with Crippen LogP contribution in [0.1, 0.15) is 26.3 Å². The lowest BCUT2D eigenvalue weighted by molar-refractivity contribution is -0.135. The van der Waals surface area contributed by atoms with Crippen molar-refractivity contribution in [3.8, 4) is 17.2 Å². The molecule has 0 aliphatic carbocycles. The maximum atomic E-state index is 13.6. The van der Waals surface area contributed by atoms with Crippen LogP contribution in [-0.4, -0.2) is 60.0 Å². The molecular weight excluding hydrogens is 516 g/mol. The minimum Gasteiger partial charge on any atom is -0.462 e. The number of esters is 3. The third-order valence-corrected chi connectivity index (χ3v) is 5.37. The van der Waals surface area contributed by atoms with Crippen LogP contribution in [0.5, 0.6) is 17.2 Å². The van der Waals surface area contributed by atoms with E-state index in [4.69, 9.17) is 14.2 Å². The summed E-state index contributed by atoms with van der Waals surface area (Å²) in [5.41, 5.74) is 1.99. The summed E-state index contributed by atoms with van der Waals surface area (Å²) < 4.78 is 14.3. The van der Waals surface area contributed by atoms with Crippen LogP contribution >= 0.6 is 0 Å². The van der Waals surface area contributed by atoms with Crippen LogP contribution in [0.2, 0.25) is 0 Å². The number of para-hydroxylation sites is 1. The molecule has 14 nitrogen and oxygen atoms in total. The van der Waals surface area contributed by atoms with E-state index in [0.29, 0.717) is 4.90 Å². The largest absolute Gasteiger partial charge is 0.462 e. The summed E-state index contributed by atoms with van der Waals surface area (Å²) in [6, 6.07) is 9.09. The van der Waals surface area contributed by atoms with Gasteiger partial charge in [-0.1, -0.05) is 22.8 Å². The number of urea groups is 1.